The first-order valence-corrected chi connectivity index (χ1v) is 13.6. The lowest BCUT2D eigenvalue weighted by molar-refractivity contribution is -0.327. The molecular formula is C25H28Cl2FN3O6S. The van der Waals surface area contributed by atoms with Gasteiger partial charge in [0.25, 0.3) is 0 Å². The van der Waals surface area contributed by atoms with Crippen LogP contribution in [-0.4, -0.2) is 67.4 Å². The first-order valence-electron chi connectivity index (χ1n) is 12.0. The molecule has 0 N–H and O–H groups in total. The Bertz CT molecular complexity index is 1120. The molecule has 4 rings (SSSR count). The van der Waals surface area contributed by atoms with Crippen LogP contribution >= 0.6 is 35.0 Å². The molecule has 0 spiro atoms. The predicted molar refractivity (Wildman–Crippen MR) is 139 cm³/mol. The number of methoxy groups -OCH3 is 1. The normalized spacial score (nSPS) is 28.1. The zero-order valence-corrected chi connectivity index (χ0v) is 23.2. The van der Waals surface area contributed by atoms with Gasteiger partial charge >= 0.3 is 5.97 Å². The summed E-state index contributed by atoms with van der Waals surface area (Å²) in [6, 6.07) is 13.2. The van der Waals surface area contributed by atoms with E-state index in [0.717, 1.165) is 5.56 Å². The van der Waals surface area contributed by atoms with Gasteiger partial charge in [0.05, 0.1) is 30.3 Å². The summed E-state index contributed by atoms with van der Waals surface area (Å²) < 4.78 is 45.2. The van der Waals surface area contributed by atoms with E-state index >= 15 is 4.48 Å². The third-order valence-corrected chi connectivity index (χ3v) is 7.83. The van der Waals surface area contributed by atoms with E-state index in [9.17, 15) is 4.79 Å². The van der Waals surface area contributed by atoms with Crippen LogP contribution in [0, 0.1) is 0 Å². The average Bonchev–Trinajstić information content (AvgIpc) is 2.93. The number of hydrogen-bond acceptors (Lipinski definition) is 9. The Labute approximate surface area is 234 Å². The molecule has 0 amide bonds. The molecule has 2 aliphatic rings. The number of hydrogen-bond donors (Lipinski definition) is 0. The van der Waals surface area contributed by atoms with E-state index in [1.54, 1.807) is 25.1 Å². The van der Waals surface area contributed by atoms with Gasteiger partial charge in [-0.05, 0) is 37.3 Å². The molecule has 2 aliphatic heterocycles. The van der Waals surface area contributed by atoms with E-state index in [1.807, 2.05) is 30.3 Å². The molecule has 0 saturated carbocycles. The van der Waals surface area contributed by atoms with Gasteiger partial charge in [-0.2, -0.15) is 5.11 Å². The summed E-state index contributed by atoms with van der Waals surface area (Å²) in [6.07, 6.45) is -4.41. The Morgan fingerprint density at radius 2 is 1.97 bits per heavy atom. The maximum atomic E-state index is 15.7. The third-order valence-electron chi connectivity index (χ3n) is 5.95. The van der Waals surface area contributed by atoms with Crippen LogP contribution in [0.2, 0.25) is 10.0 Å². The van der Waals surface area contributed by atoms with E-state index in [-0.39, 0.29) is 18.4 Å². The van der Waals surface area contributed by atoms with Crippen molar-refractivity contribution in [2.45, 2.75) is 60.9 Å². The molecule has 206 valence electrons. The molecule has 13 heteroatoms. The van der Waals surface area contributed by atoms with Crippen LogP contribution < -0.4 is 0 Å². The number of fused-ring (bicyclic) bond motifs is 1. The number of carbonyl (C=O) groups is 1. The standard InChI is InChI=1S/C25H28Cl2FN3O6S/c1-4-29-30-31(28)20-21-19(13-34-24(37-21)15-8-6-5-7-9-15)36-25(22(20)35-14(2)23(32)33-3)38-16-10-11-17(26)18(27)12-16/h5-12,14,19-22,24-25H,4,13H2,1-3H3/b30-29-/t14?,19-,20+,21+,22-,24?,25-/m1/s1. The number of benzene rings is 2. The fraction of sp³-hybridized carbons (Fsp3) is 0.480. The second kappa shape index (κ2) is 13.4. The minimum atomic E-state index is -1.15. The van der Waals surface area contributed by atoms with Crippen molar-refractivity contribution in [3.8, 4) is 0 Å². The Morgan fingerprint density at radius 1 is 1.21 bits per heavy atom. The van der Waals surface area contributed by atoms with Crippen LogP contribution in [0.1, 0.15) is 25.7 Å². The van der Waals surface area contributed by atoms with Crippen LogP contribution in [0.25, 0.3) is 0 Å². The lowest BCUT2D eigenvalue weighted by atomic mass is 9.96. The van der Waals surface area contributed by atoms with E-state index in [2.05, 4.69) is 10.3 Å². The molecule has 0 aromatic heterocycles. The van der Waals surface area contributed by atoms with Gasteiger partial charge in [0.2, 0.25) is 0 Å². The molecule has 0 aliphatic carbocycles. The van der Waals surface area contributed by atoms with Gasteiger partial charge in [-0.1, -0.05) is 69.8 Å². The summed E-state index contributed by atoms with van der Waals surface area (Å²) in [5, 5.41) is 8.49. The van der Waals surface area contributed by atoms with Crippen LogP contribution in [0.5, 0.6) is 0 Å². The summed E-state index contributed by atoms with van der Waals surface area (Å²) in [7, 11) is 1.25. The molecule has 2 fully saturated rings. The zero-order valence-electron chi connectivity index (χ0n) is 20.9. The first-order chi connectivity index (χ1) is 18.3. The number of carbonyl (C=O) groups excluding carboxylic acids is 1. The van der Waals surface area contributed by atoms with Crippen molar-refractivity contribution in [3.05, 3.63) is 64.1 Å². The van der Waals surface area contributed by atoms with Crippen molar-refractivity contribution in [3.63, 3.8) is 0 Å². The molecular weight excluding hydrogens is 560 g/mol. The zero-order chi connectivity index (χ0) is 27.2. The van der Waals surface area contributed by atoms with E-state index in [0.29, 0.717) is 14.9 Å². The van der Waals surface area contributed by atoms with E-state index in [1.165, 1.54) is 25.8 Å². The summed E-state index contributed by atoms with van der Waals surface area (Å²) >= 11 is 13.5. The minimum absolute atomic E-state index is 0.122. The number of rotatable bonds is 9. The molecule has 0 bridgehead atoms. The monoisotopic (exact) mass is 587 g/mol. The minimum Gasteiger partial charge on any atom is -0.467 e. The lowest BCUT2D eigenvalue weighted by Gasteiger charge is -2.49. The number of nitrogens with zero attached hydrogens (tertiary/aromatic N) is 3. The molecule has 0 radical (unpaired) electrons. The molecule has 38 heavy (non-hydrogen) atoms. The van der Waals surface area contributed by atoms with Gasteiger partial charge < -0.3 is 23.7 Å². The molecule has 7 atom stereocenters. The smallest absolute Gasteiger partial charge is 0.334 e. The summed E-state index contributed by atoms with van der Waals surface area (Å²) in [5.74, 6) is -0.625. The van der Waals surface area contributed by atoms with Crippen LogP contribution in [0.3, 0.4) is 0 Å². The molecule has 2 heterocycles. The van der Waals surface area contributed by atoms with Crippen LogP contribution in [-0.2, 0) is 28.5 Å². The Hall–Kier alpha value is -1.99. The fourth-order valence-electron chi connectivity index (χ4n) is 4.15. The van der Waals surface area contributed by atoms with Crippen molar-refractivity contribution in [2.24, 2.45) is 10.3 Å². The highest BCUT2D eigenvalue weighted by atomic mass is 35.5. The van der Waals surface area contributed by atoms with Crippen molar-refractivity contribution in [2.75, 3.05) is 20.3 Å². The van der Waals surface area contributed by atoms with Crippen molar-refractivity contribution < 1.29 is 33.0 Å². The number of ether oxygens (including phenoxy) is 5. The summed E-state index contributed by atoms with van der Waals surface area (Å²) in [4.78, 5) is 13.0. The average molecular weight is 588 g/mol. The predicted octanol–water partition coefficient (Wildman–Crippen LogP) is 5.81. The summed E-state index contributed by atoms with van der Waals surface area (Å²) in [5.41, 5.74) is -0.0563. The SMILES string of the molecule is CC/N=N\N(F)[C@@H]1[C@@H](OC(C)C(=O)OC)[C@@H](Sc2ccc(Cl)c(Cl)c2)O[C@@H]2COC(c3ccccc3)O[C@H]12. The van der Waals surface area contributed by atoms with E-state index in [4.69, 9.17) is 46.9 Å². The molecule has 9 nitrogen and oxygen atoms in total. The fourth-order valence-corrected chi connectivity index (χ4v) is 5.67. The van der Waals surface area contributed by atoms with Gasteiger partial charge in [-0.3, -0.25) is 0 Å². The molecule has 2 unspecified atom stereocenters. The van der Waals surface area contributed by atoms with Gasteiger partial charge in [-0.25, -0.2) is 4.79 Å². The summed E-state index contributed by atoms with van der Waals surface area (Å²) in [6.45, 7) is 3.64. The lowest BCUT2D eigenvalue weighted by Crippen LogP contribution is -2.65. The molecule has 2 aromatic carbocycles. The van der Waals surface area contributed by atoms with Gasteiger partial charge in [-0.15, -0.1) is 5.23 Å². The maximum absolute atomic E-state index is 15.7. The number of esters is 1. The highest BCUT2D eigenvalue weighted by molar-refractivity contribution is 7.99. The van der Waals surface area contributed by atoms with E-state index < -0.39 is 48.2 Å². The van der Waals surface area contributed by atoms with Crippen LogP contribution in [0.4, 0.5) is 4.48 Å². The maximum Gasteiger partial charge on any atom is 0.334 e. The molecule has 2 saturated heterocycles. The highest BCUT2D eigenvalue weighted by Gasteiger charge is 2.54. The topological polar surface area (TPSA) is 91.2 Å². The Balaban J connectivity index is 1.70. The van der Waals surface area contributed by atoms with Crippen LogP contribution in [0.15, 0.2) is 63.8 Å². The highest BCUT2D eigenvalue weighted by Crippen LogP contribution is 2.43. The van der Waals surface area contributed by atoms with Gasteiger partial charge in [0.15, 0.2) is 12.4 Å². The largest absolute Gasteiger partial charge is 0.467 e. The quantitative estimate of drug-likeness (QED) is 0.157. The Morgan fingerprint density at radius 3 is 2.66 bits per heavy atom. The second-order valence-corrected chi connectivity index (χ2v) is 10.5. The number of halogens is 3. The van der Waals surface area contributed by atoms with Crippen molar-refractivity contribution in [1.29, 1.82) is 0 Å². The van der Waals surface area contributed by atoms with Crippen molar-refractivity contribution >= 4 is 40.9 Å². The second-order valence-electron chi connectivity index (χ2n) is 8.51. The number of thioether (sulfide) groups is 1. The van der Waals surface area contributed by atoms with Crippen molar-refractivity contribution in [1.82, 2.24) is 5.23 Å². The van der Waals surface area contributed by atoms with Gasteiger partial charge in [0.1, 0.15) is 29.8 Å². The van der Waals surface area contributed by atoms with Gasteiger partial charge in [0, 0.05) is 10.5 Å². The first kappa shape index (κ1) is 29.0. The third kappa shape index (κ3) is 6.77. The Kier molecular flexibility index (Phi) is 10.2. The molecule has 2 aromatic rings.